The maximum absolute atomic E-state index is 6.09. The van der Waals surface area contributed by atoms with Crippen LogP contribution in [0.5, 0.6) is 0 Å². The molecule has 1 heterocycles. The minimum Gasteiger partial charge on any atom is -0.366 e. The van der Waals surface area contributed by atoms with Crippen molar-refractivity contribution >= 4 is 29.1 Å². The molecule has 5 heteroatoms. The second-order valence-electron chi connectivity index (χ2n) is 3.99. The first-order valence-electron chi connectivity index (χ1n) is 5.91. The van der Waals surface area contributed by atoms with E-state index < -0.39 is 0 Å². The van der Waals surface area contributed by atoms with Crippen molar-refractivity contribution in [1.82, 2.24) is 9.97 Å². The summed E-state index contributed by atoms with van der Waals surface area (Å²) in [6.45, 7) is 6.23. The molecule has 98 valence electrons. The van der Waals surface area contributed by atoms with Crippen LogP contribution in [0.15, 0.2) is 43.0 Å². The van der Waals surface area contributed by atoms with Crippen molar-refractivity contribution in [2.24, 2.45) is 0 Å². The molecule has 1 aromatic carbocycles. The summed E-state index contributed by atoms with van der Waals surface area (Å²) in [6, 6.07) is 9.35. The molecular formula is C14H15ClN4. The van der Waals surface area contributed by atoms with Gasteiger partial charge in [0, 0.05) is 18.3 Å². The number of anilines is 3. The van der Waals surface area contributed by atoms with Crippen molar-refractivity contribution in [1.29, 1.82) is 0 Å². The predicted molar refractivity (Wildman–Crippen MR) is 80.2 cm³/mol. The Balaban J connectivity index is 2.22. The van der Waals surface area contributed by atoms with Gasteiger partial charge in [-0.2, -0.15) is 4.98 Å². The molecule has 0 spiro atoms. The normalized spacial score (nSPS) is 10.0. The summed E-state index contributed by atoms with van der Waals surface area (Å²) in [7, 11) is 0. The van der Waals surface area contributed by atoms with Crippen LogP contribution in [-0.2, 0) is 0 Å². The highest BCUT2D eigenvalue weighted by atomic mass is 35.5. The van der Waals surface area contributed by atoms with Crippen molar-refractivity contribution in [2.75, 3.05) is 17.2 Å². The molecule has 0 aliphatic carbocycles. The fourth-order valence-corrected chi connectivity index (χ4v) is 1.76. The lowest BCUT2D eigenvalue weighted by Gasteiger charge is -2.09. The van der Waals surface area contributed by atoms with Crippen LogP contribution < -0.4 is 10.6 Å². The van der Waals surface area contributed by atoms with Crippen LogP contribution in [-0.4, -0.2) is 16.5 Å². The largest absolute Gasteiger partial charge is 0.366 e. The molecular weight excluding hydrogens is 260 g/mol. The Morgan fingerprint density at radius 1 is 1.32 bits per heavy atom. The van der Waals surface area contributed by atoms with E-state index >= 15 is 0 Å². The predicted octanol–water partition coefficient (Wildman–Crippen LogP) is 3.78. The zero-order chi connectivity index (χ0) is 13.7. The molecule has 4 nitrogen and oxygen atoms in total. The van der Waals surface area contributed by atoms with Gasteiger partial charge in [0.05, 0.1) is 10.7 Å². The fourth-order valence-electron chi connectivity index (χ4n) is 1.57. The van der Waals surface area contributed by atoms with Crippen molar-refractivity contribution in [3.63, 3.8) is 0 Å². The standard InChI is InChI=1S/C14H15ClN4/c1-3-8-16-13-9-10(2)17-14(19-13)18-12-7-5-4-6-11(12)15/h3-7,9H,1,8H2,2H3,(H2,16,17,18,19). The van der Waals surface area contributed by atoms with E-state index in [1.807, 2.05) is 37.3 Å². The fraction of sp³-hybridized carbons (Fsp3) is 0.143. The second kappa shape index (κ2) is 6.20. The van der Waals surface area contributed by atoms with Gasteiger partial charge in [-0.1, -0.05) is 29.8 Å². The molecule has 0 radical (unpaired) electrons. The van der Waals surface area contributed by atoms with Gasteiger partial charge >= 0.3 is 0 Å². The first kappa shape index (κ1) is 13.4. The number of benzene rings is 1. The summed E-state index contributed by atoms with van der Waals surface area (Å²) in [5.41, 5.74) is 1.65. The van der Waals surface area contributed by atoms with E-state index in [2.05, 4.69) is 27.2 Å². The minimum absolute atomic E-state index is 0.514. The molecule has 0 saturated carbocycles. The van der Waals surface area contributed by atoms with Crippen LogP contribution in [0.25, 0.3) is 0 Å². The molecule has 19 heavy (non-hydrogen) atoms. The highest BCUT2D eigenvalue weighted by Crippen LogP contribution is 2.23. The smallest absolute Gasteiger partial charge is 0.229 e. The number of nitrogens with zero attached hydrogens (tertiary/aromatic N) is 2. The van der Waals surface area contributed by atoms with Crippen LogP contribution in [0.1, 0.15) is 5.69 Å². The average Bonchev–Trinajstić information content (AvgIpc) is 2.38. The molecule has 0 fully saturated rings. The van der Waals surface area contributed by atoms with E-state index in [4.69, 9.17) is 11.6 Å². The lowest BCUT2D eigenvalue weighted by atomic mass is 10.3. The van der Waals surface area contributed by atoms with Gasteiger partial charge in [0.2, 0.25) is 5.95 Å². The summed E-state index contributed by atoms with van der Waals surface area (Å²) in [5, 5.41) is 6.88. The minimum atomic E-state index is 0.514. The van der Waals surface area contributed by atoms with Crippen molar-refractivity contribution < 1.29 is 0 Å². The summed E-state index contributed by atoms with van der Waals surface area (Å²) in [4.78, 5) is 8.70. The summed E-state index contributed by atoms with van der Waals surface area (Å²) < 4.78 is 0. The van der Waals surface area contributed by atoms with Crippen molar-refractivity contribution in [3.05, 3.63) is 53.7 Å². The highest BCUT2D eigenvalue weighted by Gasteiger charge is 2.04. The molecule has 0 aliphatic rings. The SMILES string of the molecule is C=CCNc1cc(C)nc(Nc2ccccc2Cl)n1. The topological polar surface area (TPSA) is 49.8 Å². The molecule has 2 rings (SSSR count). The number of aryl methyl sites for hydroxylation is 1. The lowest BCUT2D eigenvalue weighted by Crippen LogP contribution is -2.05. The van der Waals surface area contributed by atoms with E-state index in [9.17, 15) is 0 Å². The molecule has 0 unspecified atom stereocenters. The summed E-state index contributed by atoms with van der Waals surface area (Å²) >= 11 is 6.09. The molecule has 0 aliphatic heterocycles. The van der Waals surface area contributed by atoms with Gasteiger partial charge in [-0.3, -0.25) is 0 Å². The zero-order valence-corrected chi connectivity index (χ0v) is 11.4. The van der Waals surface area contributed by atoms with Gasteiger partial charge in [-0.05, 0) is 19.1 Å². The third-order valence-corrected chi connectivity index (χ3v) is 2.73. The highest BCUT2D eigenvalue weighted by molar-refractivity contribution is 6.33. The molecule has 0 atom stereocenters. The maximum atomic E-state index is 6.09. The van der Waals surface area contributed by atoms with E-state index in [0.717, 1.165) is 17.2 Å². The van der Waals surface area contributed by atoms with Gasteiger partial charge in [0.1, 0.15) is 5.82 Å². The van der Waals surface area contributed by atoms with Gasteiger partial charge in [0.25, 0.3) is 0 Å². The Bertz CT molecular complexity index is 583. The Labute approximate surface area is 117 Å². The number of hydrogen-bond acceptors (Lipinski definition) is 4. The zero-order valence-electron chi connectivity index (χ0n) is 10.7. The number of hydrogen-bond donors (Lipinski definition) is 2. The average molecular weight is 275 g/mol. The molecule has 0 amide bonds. The van der Waals surface area contributed by atoms with Gasteiger partial charge < -0.3 is 10.6 Å². The van der Waals surface area contributed by atoms with E-state index in [-0.39, 0.29) is 0 Å². The van der Waals surface area contributed by atoms with E-state index in [0.29, 0.717) is 17.5 Å². The lowest BCUT2D eigenvalue weighted by molar-refractivity contribution is 1.09. The molecule has 1 aromatic heterocycles. The Morgan fingerprint density at radius 2 is 2.11 bits per heavy atom. The summed E-state index contributed by atoms with van der Waals surface area (Å²) in [6.07, 6.45) is 1.78. The molecule has 0 bridgehead atoms. The van der Waals surface area contributed by atoms with Crippen molar-refractivity contribution in [3.8, 4) is 0 Å². The van der Waals surface area contributed by atoms with Crippen LogP contribution in [0.3, 0.4) is 0 Å². The van der Waals surface area contributed by atoms with Gasteiger partial charge in [-0.25, -0.2) is 4.98 Å². The first-order chi connectivity index (χ1) is 9.19. The molecule has 2 N–H and O–H groups in total. The number of para-hydroxylation sites is 1. The van der Waals surface area contributed by atoms with Crippen LogP contribution in [0, 0.1) is 6.92 Å². The van der Waals surface area contributed by atoms with Crippen molar-refractivity contribution in [2.45, 2.75) is 6.92 Å². The van der Waals surface area contributed by atoms with Gasteiger partial charge in [-0.15, -0.1) is 6.58 Å². The number of rotatable bonds is 5. The van der Waals surface area contributed by atoms with Crippen LogP contribution in [0.4, 0.5) is 17.5 Å². The van der Waals surface area contributed by atoms with E-state index in [1.54, 1.807) is 6.08 Å². The third kappa shape index (κ3) is 3.69. The van der Waals surface area contributed by atoms with Crippen LogP contribution >= 0.6 is 11.6 Å². The quantitative estimate of drug-likeness (QED) is 0.815. The Hall–Kier alpha value is -2.07. The number of nitrogens with one attached hydrogen (secondary N) is 2. The first-order valence-corrected chi connectivity index (χ1v) is 6.29. The van der Waals surface area contributed by atoms with Crippen LogP contribution in [0.2, 0.25) is 5.02 Å². The van der Waals surface area contributed by atoms with E-state index in [1.165, 1.54) is 0 Å². The number of halogens is 1. The summed E-state index contributed by atoms with van der Waals surface area (Å²) in [5.74, 6) is 1.27. The molecule has 2 aromatic rings. The monoisotopic (exact) mass is 274 g/mol. The third-order valence-electron chi connectivity index (χ3n) is 2.40. The molecule has 0 saturated heterocycles. The Morgan fingerprint density at radius 3 is 2.84 bits per heavy atom. The Kier molecular flexibility index (Phi) is 4.36. The second-order valence-corrected chi connectivity index (χ2v) is 4.40. The number of aromatic nitrogens is 2. The maximum Gasteiger partial charge on any atom is 0.229 e. The van der Waals surface area contributed by atoms with Gasteiger partial charge in [0.15, 0.2) is 0 Å².